The van der Waals surface area contributed by atoms with Gasteiger partial charge in [0.2, 0.25) is 0 Å². The van der Waals surface area contributed by atoms with E-state index in [1.807, 2.05) is 20.8 Å². The number of carbonyl (C=O) groups excluding carboxylic acids is 1. The molecule has 0 saturated carbocycles. The van der Waals surface area contributed by atoms with Crippen molar-refractivity contribution in [3.05, 3.63) is 28.0 Å². The molecule has 18 heavy (non-hydrogen) atoms. The first-order chi connectivity index (χ1) is 8.29. The average Bonchev–Trinajstić information content (AvgIpc) is 2.70. The lowest BCUT2D eigenvalue weighted by molar-refractivity contribution is -0.131. The Morgan fingerprint density at radius 3 is 2.67 bits per heavy atom. The van der Waals surface area contributed by atoms with E-state index in [1.54, 1.807) is 11.4 Å². The minimum atomic E-state index is -1.03. The zero-order valence-electron chi connectivity index (χ0n) is 10.7. The van der Waals surface area contributed by atoms with E-state index in [0.29, 0.717) is 17.0 Å². The number of hydrogen-bond donors (Lipinski definition) is 2. The predicted octanol–water partition coefficient (Wildman–Crippen LogP) is 2.62. The van der Waals surface area contributed by atoms with E-state index in [9.17, 15) is 9.59 Å². The third-order valence-corrected chi connectivity index (χ3v) is 3.02. The molecule has 0 aliphatic heterocycles. The molecule has 2 N–H and O–H groups in total. The van der Waals surface area contributed by atoms with Crippen LogP contribution in [0.2, 0.25) is 0 Å². The molecule has 0 bridgehead atoms. The van der Waals surface area contributed by atoms with Crippen LogP contribution in [0.1, 0.15) is 36.0 Å². The molecule has 1 aromatic rings. The summed E-state index contributed by atoms with van der Waals surface area (Å²) < 4.78 is 0. The highest BCUT2D eigenvalue weighted by Gasteiger charge is 2.15. The van der Waals surface area contributed by atoms with Crippen molar-refractivity contribution in [2.75, 3.05) is 6.54 Å². The van der Waals surface area contributed by atoms with Crippen LogP contribution in [0.5, 0.6) is 0 Å². The van der Waals surface area contributed by atoms with Crippen molar-refractivity contribution >= 4 is 29.3 Å². The largest absolute Gasteiger partial charge is 0.478 e. The van der Waals surface area contributed by atoms with E-state index in [1.165, 1.54) is 17.4 Å². The van der Waals surface area contributed by atoms with Crippen molar-refractivity contribution < 1.29 is 14.7 Å². The maximum Gasteiger partial charge on any atom is 0.328 e. The van der Waals surface area contributed by atoms with Gasteiger partial charge in [-0.05, 0) is 28.5 Å². The summed E-state index contributed by atoms with van der Waals surface area (Å²) in [5.74, 6) is -1.19. The van der Waals surface area contributed by atoms with Crippen molar-refractivity contribution in [2.24, 2.45) is 5.41 Å². The van der Waals surface area contributed by atoms with E-state index < -0.39 is 5.97 Å². The molecule has 0 unspecified atom stereocenters. The number of hydrogen-bond acceptors (Lipinski definition) is 3. The van der Waals surface area contributed by atoms with Gasteiger partial charge in [-0.3, -0.25) is 4.79 Å². The zero-order chi connectivity index (χ0) is 13.8. The van der Waals surface area contributed by atoms with Gasteiger partial charge in [0, 0.05) is 12.6 Å². The number of thiophene rings is 1. The monoisotopic (exact) mass is 267 g/mol. The van der Waals surface area contributed by atoms with Crippen LogP contribution in [-0.4, -0.2) is 23.5 Å². The average molecular weight is 267 g/mol. The predicted molar refractivity (Wildman–Crippen MR) is 72.8 cm³/mol. The van der Waals surface area contributed by atoms with Gasteiger partial charge in [0.1, 0.15) is 0 Å². The van der Waals surface area contributed by atoms with Crippen LogP contribution in [-0.2, 0) is 4.79 Å². The Hall–Kier alpha value is -1.62. The van der Waals surface area contributed by atoms with Crippen LogP contribution in [0.15, 0.2) is 17.5 Å². The molecule has 0 spiro atoms. The second-order valence-electron chi connectivity index (χ2n) is 5.12. The quantitative estimate of drug-likeness (QED) is 0.824. The topological polar surface area (TPSA) is 66.4 Å². The Kier molecular flexibility index (Phi) is 4.67. The van der Waals surface area contributed by atoms with Gasteiger partial charge in [-0.15, -0.1) is 11.3 Å². The molecule has 0 saturated heterocycles. The lowest BCUT2D eigenvalue weighted by Crippen LogP contribution is -2.32. The van der Waals surface area contributed by atoms with Gasteiger partial charge >= 0.3 is 5.97 Å². The number of carbonyl (C=O) groups is 2. The molecule has 1 amide bonds. The summed E-state index contributed by atoms with van der Waals surface area (Å²) in [6.45, 7) is 6.68. The molecule has 0 aliphatic carbocycles. The van der Waals surface area contributed by atoms with E-state index in [0.717, 1.165) is 6.08 Å². The SMILES string of the molecule is CC(C)(C)CNC(=O)c1sccc1C=CC(=O)O. The minimum absolute atomic E-state index is 0.0178. The Morgan fingerprint density at radius 1 is 1.44 bits per heavy atom. The van der Waals surface area contributed by atoms with Crippen molar-refractivity contribution in [1.82, 2.24) is 5.32 Å². The summed E-state index contributed by atoms with van der Waals surface area (Å²) in [6.07, 6.45) is 2.47. The lowest BCUT2D eigenvalue weighted by atomic mass is 9.97. The summed E-state index contributed by atoms with van der Waals surface area (Å²) >= 11 is 1.30. The van der Waals surface area contributed by atoms with E-state index >= 15 is 0 Å². The Morgan fingerprint density at radius 2 is 2.11 bits per heavy atom. The smallest absolute Gasteiger partial charge is 0.328 e. The molecule has 1 rings (SSSR count). The number of carboxylic acids is 1. The number of rotatable bonds is 4. The highest BCUT2D eigenvalue weighted by molar-refractivity contribution is 7.12. The number of carboxylic acid groups (broad SMARTS) is 1. The van der Waals surface area contributed by atoms with E-state index in [4.69, 9.17) is 5.11 Å². The number of nitrogens with one attached hydrogen (secondary N) is 1. The molecule has 0 atom stereocenters. The summed E-state index contributed by atoms with van der Waals surface area (Å²) in [7, 11) is 0. The summed E-state index contributed by atoms with van der Waals surface area (Å²) in [4.78, 5) is 22.9. The maximum absolute atomic E-state index is 11.9. The third-order valence-electron chi connectivity index (χ3n) is 2.09. The molecular weight excluding hydrogens is 250 g/mol. The summed E-state index contributed by atoms with van der Waals surface area (Å²) in [5, 5.41) is 13.2. The maximum atomic E-state index is 11.9. The van der Waals surface area contributed by atoms with Crippen molar-refractivity contribution in [1.29, 1.82) is 0 Å². The molecule has 0 fully saturated rings. The molecule has 1 aromatic heterocycles. The highest BCUT2D eigenvalue weighted by atomic mass is 32.1. The van der Waals surface area contributed by atoms with Crippen molar-refractivity contribution in [3.63, 3.8) is 0 Å². The van der Waals surface area contributed by atoms with Crippen LogP contribution >= 0.6 is 11.3 Å². The Balaban J connectivity index is 2.75. The first kappa shape index (κ1) is 14.4. The molecule has 5 heteroatoms. The fraction of sp³-hybridized carbons (Fsp3) is 0.385. The number of aliphatic carboxylic acids is 1. The first-order valence-electron chi connectivity index (χ1n) is 5.56. The van der Waals surface area contributed by atoms with Gasteiger partial charge in [-0.1, -0.05) is 20.8 Å². The van der Waals surface area contributed by atoms with E-state index in [-0.39, 0.29) is 11.3 Å². The zero-order valence-corrected chi connectivity index (χ0v) is 11.5. The van der Waals surface area contributed by atoms with Gasteiger partial charge in [0.25, 0.3) is 5.91 Å². The second kappa shape index (κ2) is 5.82. The van der Waals surface area contributed by atoms with Crippen molar-refractivity contribution in [3.8, 4) is 0 Å². The first-order valence-corrected chi connectivity index (χ1v) is 6.44. The molecule has 0 radical (unpaired) electrons. The fourth-order valence-electron chi connectivity index (χ4n) is 1.22. The van der Waals surface area contributed by atoms with Crippen LogP contribution in [0.4, 0.5) is 0 Å². The standard InChI is InChI=1S/C13H17NO3S/c1-13(2,3)8-14-12(17)11-9(6-7-18-11)4-5-10(15)16/h4-7H,8H2,1-3H3,(H,14,17)(H,15,16). The lowest BCUT2D eigenvalue weighted by Gasteiger charge is -2.18. The van der Waals surface area contributed by atoms with Gasteiger partial charge in [0.05, 0.1) is 4.88 Å². The summed E-state index contributed by atoms with van der Waals surface area (Å²) in [5.41, 5.74) is 0.651. The Bertz CT molecular complexity index is 469. The number of amides is 1. The molecule has 0 aromatic carbocycles. The van der Waals surface area contributed by atoms with Crippen LogP contribution in [0.25, 0.3) is 6.08 Å². The fourth-order valence-corrected chi connectivity index (χ4v) is 2.02. The summed E-state index contributed by atoms with van der Waals surface area (Å²) in [6, 6.07) is 1.73. The van der Waals surface area contributed by atoms with Crippen molar-refractivity contribution in [2.45, 2.75) is 20.8 Å². The van der Waals surface area contributed by atoms with Gasteiger partial charge in [-0.25, -0.2) is 4.79 Å². The van der Waals surface area contributed by atoms with Gasteiger partial charge in [0.15, 0.2) is 0 Å². The normalized spacial score (nSPS) is 11.7. The molecule has 0 aliphatic rings. The van der Waals surface area contributed by atoms with Gasteiger partial charge in [-0.2, -0.15) is 0 Å². The van der Waals surface area contributed by atoms with E-state index in [2.05, 4.69) is 5.32 Å². The second-order valence-corrected chi connectivity index (χ2v) is 6.04. The van der Waals surface area contributed by atoms with Crippen LogP contribution in [0.3, 0.4) is 0 Å². The van der Waals surface area contributed by atoms with Crippen LogP contribution in [0, 0.1) is 5.41 Å². The third kappa shape index (κ3) is 4.71. The Labute approximate surface area is 110 Å². The molecular formula is C13H17NO3S. The molecule has 98 valence electrons. The van der Waals surface area contributed by atoms with Crippen LogP contribution < -0.4 is 5.32 Å². The minimum Gasteiger partial charge on any atom is -0.478 e. The highest BCUT2D eigenvalue weighted by Crippen LogP contribution is 2.19. The molecule has 4 nitrogen and oxygen atoms in total. The van der Waals surface area contributed by atoms with Gasteiger partial charge < -0.3 is 10.4 Å². The molecule has 1 heterocycles.